The number of allylic oxidation sites excluding steroid dienone is 8. The molecule has 3 heteroatoms. The van der Waals surface area contributed by atoms with Gasteiger partial charge in [0, 0.05) is 53.1 Å². The zero-order valence-electron chi connectivity index (χ0n) is 33.5. The van der Waals surface area contributed by atoms with Crippen molar-refractivity contribution in [3.63, 3.8) is 0 Å². The minimum absolute atomic E-state index is 0.416. The van der Waals surface area contributed by atoms with Gasteiger partial charge in [-0.15, -0.1) is 0 Å². The molecule has 0 bridgehead atoms. The summed E-state index contributed by atoms with van der Waals surface area (Å²) in [6.45, 7) is 7.35. The Morgan fingerprint density at radius 1 is 0.654 bits per heavy atom. The predicted octanol–water partition coefficient (Wildman–Crippen LogP) is 13.3. The highest BCUT2D eigenvalue weighted by Crippen LogP contribution is 2.64. The van der Waals surface area contributed by atoms with Crippen molar-refractivity contribution in [3.05, 3.63) is 46.2 Å². The first-order chi connectivity index (χ1) is 25.6. The molecule has 7 aliphatic carbocycles. The van der Waals surface area contributed by atoms with Crippen LogP contribution in [0, 0.1) is 46.3 Å². The smallest absolute Gasteiger partial charge is 0.183 e. The average Bonchev–Trinajstić information content (AvgIpc) is 3.75. The van der Waals surface area contributed by atoms with Crippen LogP contribution in [0.3, 0.4) is 0 Å². The highest BCUT2D eigenvalue weighted by atomic mass is 35.5. The van der Waals surface area contributed by atoms with E-state index in [1.807, 2.05) is 0 Å². The summed E-state index contributed by atoms with van der Waals surface area (Å²) in [6.07, 6.45) is 47.3. The Morgan fingerprint density at radius 2 is 1.31 bits per heavy atom. The molecule has 0 amide bonds. The second-order valence-corrected chi connectivity index (χ2v) is 20.3. The van der Waals surface area contributed by atoms with E-state index in [0.717, 1.165) is 65.5 Å². The number of halogens is 1. The molecule has 2 heterocycles. The van der Waals surface area contributed by atoms with Crippen LogP contribution in [0.1, 0.15) is 181 Å². The van der Waals surface area contributed by atoms with Crippen LogP contribution in [-0.4, -0.2) is 40.4 Å². The molecule has 0 radical (unpaired) electrons. The highest BCUT2D eigenvalue weighted by Gasteiger charge is 2.63. The number of fused-ring (bicyclic) bond motifs is 8. The molecule has 8 unspecified atom stereocenters. The molecule has 0 aromatic rings. The lowest BCUT2D eigenvalue weighted by atomic mass is 9.55. The van der Waals surface area contributed by atoms with E-state index in [2.05, 4.69) is 47.6 Å². The van der Waals surface area contributed by atoms with Crippen LogP contribution in [-0.2, 0) is 0 Å². The van der Waals surface area contributed by atoms with Crippen molar-refractivity contribution in [2.75, 3.05) is 13.1 Å². The summed E-state index contributed by atoms with van der Waals surface area (Å²) in [7, 11) is 0. The molecule has 7 fully saturated rings. The zero-order valence-corrected chi connectivity index (χ0v) is 34.3. The van der Waals surface area contributed by atoms with Crippen LogP contribution < -0.4 is 0 Å². The van der Waals surface area contributed by atoms with E-state index in [-0.39, 0.29) is 0 Å². The Hall–Kier alpha value is -1.28. The van der Waals surface area contributed by atoms with E-state index in [1.165, 1.54) is 178 Å². The van der Waals surface area contributed by atoms with Gasteiger partial charge in [-0.05, 0) is 131 Å². The van der Waals surface area contributed by atoms with Crippen molar-refractivity contribution in [2.24, 2.45) is 46.3 Å². The summed E-state index contributed by atoms with van der Waals surface area (Å²) in [5, 5.41) is 1.08. The van der Waals surface area contributed by atoms with Gasteiger partial charge in [-0.2, -0.15) is 0 Å². The van der Waals surface area contributed by atoms with Crippen LogP contribution >= 0.6 is 11.6 Å². The van der Waals surface area contributed by atoms with Crippen molar-refractivity contribution in [1.29, 1.82) is 0 Å². The Bertz CT molecular complexity index is 1460. The van der Waals surface area contributed by atoms with Gasteiger partial charge in [0.05, 0.1) is 5.41 Å². The normalized spacial score (nSPS) is 39.9. The fourth-order valence-electron chi connectivity index (χ4n) is 15.7. The van der Waals surface area contributed by atoms with Crippen LogP contribution in [0.15, 0.2) is 46.2 Å². The van der Waals surface area contributed by atoms with Crippen molar-refractivity contribution in [3.8, 4) is 0 Å². The van der Waals surface area contributed by atoms with Crippen molar-refractivity contribution < 1.29 is 4.58 Å². The van der Waals surface area contributed by atoms with Crippen LogP contribution in [0.25, 0.3) is 0 Å². The summed E-state index contributed by atoms with van der Waals surface area (Å²) in [5.74, 6) is 5.60. The Kier molecular flexibility index (Phi) is 10.7. The summed E-state index contributed by atoms with van der Waals surface area (Å²) in [5.41, 5.74) is 7.15. The van der Waals surface area contributed by atoms with Gasteiger partial charge in [-0.3, -0.25) is 0 Å². The van der Waals surface area contributed by atoms with E-state index < -0.39 is 0 Å². The summed E-state index contributed by atoms with van der Waals surface area (Å²) < 4.78 is 3.03. The minimum Gasteiger partial charge on any atom is -0.371 e. The lowest BCUT2D eigenvalue weighted by molar-refractivity contribution is -0.577. The van der Waals surface area contributed by atoms with Gasteiger partial charge in [0.1, 0.15) is 6.54 Å². The van der Waals surface area contributed by atoms with Crippen molar-refractivity contribution in [1.82, 2.24) is 4.90 Å². The van der Waals surface area contributed by atoms with Crippen molar-refractivity contribution in [2.45, 2.75) is 193 Å². The Labute approximate surface area is 324 Å². The second kappa shape index (κ2) is 15.3. The first-order valence-electron chi connectivity index (χ1n) is 23.5. The molecule has 1 saturated heterocycles. The molecule has 6 saturated carbocycles. The molecule has 2 nitrogen and oxygen atoms in total. The molecule has 0 N–H and O–H groups in total. The maximum atomic E-state index is 7.49. The molecule has 2 spiro atoms. The van der Waals surface area contributed by atoms with Gasteiger partial charge in [-0.25, -0.2) is 4.58 Å². The summed E-state index contributed by atoms with van der Waals surface area (Å²) in [6, 6.07) is 1.59. The molecule has 0 aromatic heterocycles. The number of rotatable bonds is 7. The third-order valence-electron chi connectivity index (χ3n) is 17.6. The third-order valence-corrected chi connectivity index (χ3v) is 18.1. The lowest BCUT2D eigenvalue weighted by Crippen LogP contribution is -2.48. The van der Waals surface area contributed by atoms with Crippen LogP contribution in [0.5, 0.6) is 0 Å². The molecule has 0 aromatic carbocycles. The molecule has 9 rings (SSSR count). The molecule has 9 aliphatic rings. The fraction of sp³-hybridized carbons (Fsp3) is 0.816. The monoisotopic (exact) mass is 726 g/mol. The molecule has 286 valence electrons. The highest BCUT2D eigenvalue weighted by molar-refractivity contribution is 6.33. The largest absolute Gasteiger partial charge is 0.371 e. The topological polar surface area (TPSA) is 6.25 Å². The predicted molar refractivity (Wildman–Crippen MR) is 220 cm³/mol. The molecular formula is C49H74ClN2+. The molecule has 2 aliphatic heterocycles. The standard InChI is InChI=1S/C49H74ClN2/c1-3-33-51-43(48(29-11-5-12-30-48)41-25-21-35-15-7-9-17-39(35)46(41)51)27-23-37-19-20-38(45(37)50)24-28-44-49(31-13-6-14-32-49)42-26-22-36-16-8-10-18-40(36)47(42)52(44)34-4-2/h23-24,27-28,35-36,39-42,46-47H,3-22,25-26,29-34H2,1-2H3/q+1. The van der Waals surface area contributed by atoms with Gasteiger partial charge in [0.2, 0.25) is 0 Å². The summed E-state index contributed by atoms with van der Waals surface area (Å²) >= 11 is 7.49. The average molecular weight is 727 g/mol. The van der Waals surface area contributed by atoms with Gasteiger partial charge in [0.25, 0.3) is 0 Å². The maximum Gasteiger partial charge on any atom is 0.183 e. The van der Waals surface area contributed by atoms with E-state index in [4.69, 9.17) is 11.6 Å². The molecular weight excluding hydrogens is 652 g/mol. The first kappa shape index (κ1) is 36.4. The zero-order chi connectivity index (χ0) is 35.3. The van der Waals surface area contributed by atoms with E-state index in [0.29, 0.717) is 10.8 Å². The molecule has 8 atom stereocenters. The van der Waals surface area contributed by atoms with E-state index in [1.54, 1.807) is 11.4 Å². The SMILES string of the molecule is CCCN1/C(=C/C=C2\CCC(/C=C/C3=[N+](CCC)C4C5CCCCC5CCC4C34CCCCC4)=C2Cl)C2(CCCCC2)C2CCC3CCCCC3C21. The fourth-order valence-corrected chi connectivity index (χ4v) is 16.0. The quantitative estimate of drug-likeness (QED) is 0.237. The minimum atomic E-state index is 0.416. The lowest BCUT2D eigenvalue weighted by Gasteiger charge is -2.48. The first-order valence-corrected chi connectivity index (χ1v) is 23.9. The van der Waals surface area contributed by atoms with Crippen LogP contribution in [0.2, 0.25) is 0 Å². The number of nitrogens with zero attached hydrogens (tertiary/aromatic N) is 2. The third kappa shape index (κ3) is 6.02. The Morgan fingerprint density at radius 3 is 2.02 bits per heavy atom. The maximum absolute atomic E-state index is 7.49. The van der Waals surface area contributed by atoms with Gasteiger partial charge < -0.3 is 4.90 Å². The van der Waals surface area contributed by atoms with Gasteiger partial charge >= 0.3 is 0 Å². The van der Waals surface area contributed by atoms with E-state index >= 15 is 0 Å². The van der Waals surface area contributed by atoms with Gasteiger partial charge in [0.15, 0.2) is 11.8 Å². The number of hydrogen-bond donors (Lipinski definition) is 0. The second-order valence-electron chi connectivity index (χ2n) is 19.9. The number of hydrogen-bond acceptors (Lipinski definition) is 1. The Balaban J connectivity index is 1.05. The molecule has 52 heavy (non-hydrogen) atoms. The number of likely N-dealkylation sites (tertiary alicyclic amines) is 1. The van der Waals surface area contributed by atoms with E-state index in [9.17, 15) is 0 Å². The van der Waals surface area contributed by atoms with Crippen molar-refractivity contribution >= 4 is 17.3 Å². The van der Waals surface area contributed by atoms with Crippen LogP contribution in [0.4, 0.5) is 0 Å². The summed E-state index contributed by atoms with van der Waals surface area (Å²) in [4.78, 5) is 3.03. The van der Waals surface area contributed by atoms with Gasteiger partial charge in [-0.1, -0.05) is 108 Å².